The van der Waals surface area contributed by atoms with Crippen LogP contribution in [-0.2, 0) is 17.9 Å². The molecule has 0 radical (unpaired) electrons. The third-order valence-electron chi connectivity index (χ3n) is 2.33. The zero-order valence-corrected chi connectivity index (χ0v) is 9.23. The van der Waals surface area contributed by atoms with Gasteiger partial charge in [-0.25, -0.2) is 0 Å². The Bertz CT molecular complexity index is 408. The topological polar surface area (TPSA) is 49.9 Å². The monoisotopic (exact) mass is 217 g/mol. The molecule has 1 heterocycles. The number of aromatic amines is 1. The molecular formula is C12H15N3O. The van der Waals surface area contributed by atoms with Gasteiger partial charge in [-0.1, -0.05) is 24.3 Å². The van der Waals surface area contributed by atoms with Crippen molar-refractivity contribution in [3.05, 3.63) is 47.8 Å². The molecule has 0 aliphatic heterocycles. The van der Waals surface area contributed by atoms with E-state index in [9.17, 15) is 0 Å². The highest BCUT2D eigenvalue weighted by atomic mass is 16.5. The molecule has 0 atom stereocenters. The zero-order valence-electron chi connectivity index (χ0n) is 9.23. The molecule has 0 aliphatic carbocycles. The molecule has 1 aromatic carbocycles. The van der Waals surface area contributed by atoms with E-state index in [2.05, 4.69) is 39.8 Å². The van der Waals surface area contributed by atoms with E-state index in [4.69, 9.17) is 4.74 Å². The smallest absolute Gasteiger partial charge is 0.0726 e. The van der Waals surface area contributed by atoms with Crippen molar-refractivity contribution in [1.29, 1.82) is 0 Å². The lowest BCUT2D eigenvalue weighted by Crippen LogP contribution is -1.98. The fourth-order valence-corrected chi connectivity index (χ4v) is 1.47. The summed E-state index contributed by atoms with van der Waals surface area (Å²) in [5.41, 5.74) is 3.43. The molecule has 0 fully saturated rings. The summed E-state index contributed by atoms with van der Waals surface area (Å²) in [6, 6.07) is 8.36. The molecular weight excluding hydrogens is 202 g/mol. The summed E-state index contributed by atoms with van der Waals surface area (Å²) in [6.45, 7) is 1.46. The summed E-state index contributed by atoms with van der Waals surface area (Å²) in [4.78, 5) is 0. The number of rotatable bonds is 5. The van der Waals surface area contributed by atoms with Gasteiger partial charge in [0.1, 0.15) is 0 Å². The largest absolute Gasteiger partial charge is 0.380 e. The maximum Gasteiger partial charge on any atom is 0.0726 e. The van der Waals surface area contributed by atoms with Crippen LogP contribution in [0.5, 0.6) is 0 Å². The van der Waals surface area contributed by atoms with Crippen LogP contribution in [0.1, 0.15) is 11.1 Å². The van der Waals surface area contributed by atoms with Gasteiger partial charge in [-0.15, -0.1) is 0 Å². The van der Waals surface area contributed by atoms with Crippen LogP contribution in [-0.4, -0.2) is 17.3 Å². The minimum absolute atomic E-state index is 0.662. The Hall–Kier alpha value is -1.81. The van der Waals surface area contributed by atoms with Crippen LogP contribution in [0, 0.1) is 0 Å². The summed E-state index contributed by atoms with van der Waals surface area (Å²) in [6.07, 6.45) is 3.60. The van der Waals surface area contributed by atoms with Crippen molar-refractivity contribution in [3.8, 4) is 0 Å². The van der Waals surface area contributed by atoms with Crippen molar-refractivity contribution in [2.24, 2.45) is 0 Å². The molecule has 2 N–H and O–H groups in total. The van der Waals surface area contributed by atoms with E-state index < -0.39 is 0 Å². The van der Waals surface area contributed by atoms with Gasteiger partial charge in [-0.2, -0.15) is 5.10 Å². The molecule has 4 heteroatoms. The van der Waals surface area contributed by atoms with Crippen LogP contribution in [0.4, 0.5) is 5.69 Å². The first kappa shape index (κ1) is 10.7. The first-order valence-electron chi connectivity index (χ1n) is 5.18. The molecule has 84 valence electrons. The predicted octanol–water partition coefficient (Wildman–Crippen LogP) is 2.17. The first-order valence-corrected chi connectivity index (χ1v) is 5.18. The SMILES string of the molecule is COCc1ccc(CNc2cn[nH]c2)cc1. The summed E-state index contributed by atoms with van der Waals surface area (Å²) >= 11 is 0. The number of methoxy groups -OCH3 is 1. The number of nitrogens with one attached hydrogen (secondary N) is 2. The molecule has 2 aromatic rings. The maximum atomic E-state index is 5.06. The van der Waals surface area contributed by atoms with Crippen molar-refractivity contribution in [1.82, 2.24) is 10.2 Å². The van der Waals surface area contributed by atoms with E-state index in [0.29, 0.717) is 6.61 Å². The summed E-state index contributed by atoms with van der Waals surface area (Å²) in [5.74, 6) is 0. The Labute approximate surface area is 94.6 Å². The Balaban J connectivity index is 1.90. The van der Waals surface area contributed by atoms with E-state index in [0.717, 1.165) is 12.2 Å². The van der Waals surface area contributed by atoms with E-state index in [1.54, 1.807) is 13.3 Å². The minimum atomic E-state index is 0.662. The maximum absolute atomic E-state index is 5.06. The molecule has 0 unspecified atom stereocenters. The molecule has 4 nitrogen and oxygen atoms in total. The second-order valence-corrected chi connectivity index (χ2v) is 3.59. The highest BCUT2D eigenvalue weighted by Gasteiger charge is 1.96. The third-order valence-corrected chi connectivity index (χ3v) is 2.33. The van der Waals surface area contributed by atoms with Crippen LogP contribution in [0.25, 0.3) is 0 Å². The van der Waals surface area contributed by atoms with Crippen LogP contribution >= 0.6 is 0 Å². The Morgan fingerprint density at radius 3 is 2.62 bits per heavy atom. The number of benzene rings is 1. The lowest BCUT2D eigenvalue weighted by molar-refractivity contribution is 0.185. The van der Waals surface area contributed by atoms with Crippen LogP contribution in [0.2, 0.25) is 0 Å². The van der Waals surface area contributed by atoms with Crippen molar-refractivity contribution in [3.63, 3.8) is 0 Å². The molecule has 0 spiro atoms. The molecule has 0 aliphatic rings. The number of hydrogen-bond acceptors (Lipinski definition) is 3. The number of anilines is 1. The Morgan fingerprint density at radius 1 is 1.25 bits per heavy atom. The summed E-state index contributed by atoms with van der Waals surface area (Å²) in [5, 5.41) is 9.90. The van der Waals surface area contributed by atoms with Crippen LogP contribution in [0.3, 0.4) is 0 Å². The normalized spacial score (nSPS) is 10.3. The summed E-state index contributed by atoms with van der Waals surface area (Å²) < 4.78 is 5.06. The Morgan fingerprint density at radius 2 is 2.00 bits per heavy atom. The average Bonchev–Trinajstić information content (AvgIpc) is 2.82. The van der Waals surface area contributed by atoms with E-state index in [1.807, 2.05) is 6.20 Å². The van der Waals surface area contributed by atoms with Gasteiger partial charge in [0, 0.05) is 19.9 Å². The van der Waals surface area contributed by atoms with Crippen molar-refractivity contribution >= 4 is 5.69 Å². The second kappa shape index (κ2) is 5.32. The average molecular weight is 217 g/mol. The molecule has 2 rings (SSSR count). The standard InChI is InChI=1S/C12H15N3O/c1-16-9-11-4-2-10(3-5-11)6-13-12-7-14-15-8-12/h2-5,7-8,13H,6,9H2,1H3,(H,14,15). The molecule has 0 saturated heterocycles. The van der Waals surface area contributed by atoms with Gasteiger partial charge in [0.15, 0.2) is 0 Å². The second-order valence-electron chi connectivity index (χ2n) is 3.59. The number of hydrogen-bond donors (Lipinski definition) is 2. The van der Waals surface area contributed by atoms with Gasteiger partial charge < -0.3 is 10.1 Å². The molecule has 1 aromatic heterocycles. The van der Waals surface area contributed by atoms with Gasteiger partial charge in [0.2, 0.25) is 0 Å². The van der Waals surface area contributed by atoms with Gasteiger partial charge in [0.25, 0.3) is 0 Å². The quantitative estimate of drug-likeness (QED) is 0.807. The Kier molecular flexibility index (Phi) is 3.56. The van der Waals surface area contributed by atoms with E-state index >= 15 is 0 Å². The zero-order chi connectivity index (χ0) is 11.2. The molecule has 0 bridgehead atoms. The van der Waals surface area contributed by atoms with Crippen LogP contribution < -0.4 is 5.32 Å². The van der Waals surface area contributed by atoms with Gasteiger partial charge in [0.05, 0.1) is 18.5 Å². The highest BCUT2D eigenvalue weighted by molar-refractivity contribution is 5.38. The van der Waals surface area contributed by atoms with Gasteiger partial charge >= 0.3 is 0 Å². The van der Waals surface area contributed by atoms with E-state index in [1.165, 1.54) is 11.1 Å². The van der Waals surface area contributed by atoms with Crippen molar-refractivity contribution < 1.29 is 4.74 Å². The predicted molar refractivity (Wildman–Crippen MR) is 63.1 cm³/mol. The first-order chi connectivity index (χ1) is 7.88. The van der Waals surface area contributed by atoms with E-state index in [-0.39, 0.29) is 0 Å². The fraction of sp³-hybridized carbons (Fsp3) is 0.250. The molecule has 16 heavy (non-hydrogen) atoms. The van der Waals surface area contributed by atoms with Crippen molar-refractivity contribution in [2.75, 3.05) is 12.4 Å². The number of ether oxygens (including phenoxy) is 1. The van der Waals surface area contributed by atoms with Gasteiger partial charge in [-0.05, 0) is 11.1 Å². The van der Waals surface area contributed by atoms with Crippen molar-refractivity contribution in [2.45, 2.75) is 13.2 Å². The molecule has 0 amide bonds. The summed E-state index contributed by atoms with van der Waals surface area (Å²) in [7, 11) is 1.70. The lowest BCUT2D eigenvalue weighted by atomic mass is 10.1. The number of H-pyrrole nitrogens is 1. The number of aromatic nitrogens is 2. The molecule has 0 saturated carbocycles. The minimum Gasteiger partial charge on any atom is -0.380 e. The third kappa shape index (κ3) is 2.84. The van der Waals surface area contributed by atoms with Gasteiger partial charge in [-0.3, -0.25) is 5.10 Å². The van der Waals surface area contributed by atoms with Crippen LogP contribution in [0.15, 0.2) is 36.7 Å². The number of nitrogens with zero attached hydrogens (tertiary/aromatic N) is 1. The highest BCUT2D eigenvalue weighted by Crippen LogP contribution is 2.08. The lowest BCUT2D eigenvalue weighted by Gasteiger charge is -2.05. The fourth-order valence-electron chi connectivity index (χ4n) is 1.47.